The first-order valence-electron chi connectivity index (χ1n) is 7.58. The number of amides is 1. The van der Waals surface area contributed by atoms with E-state index in [1.54, 1.807) is 38.0 Å². The summed E-state index contributed by atoms with van der Waals surface area (Å²) in [6, 6.07) is 2.11. The maximum absolute atomic E-state index is 12.5. The molecule has 0 aromatic carbocycles. The molecule has 0 unspecified atom stereocenters. The Morgan fingerprint density at radius 1 is 1.21 bits per heavy atom. The van der Waals surface area contributed by atoms with Crippen molar-refractivity contribution >= 4 is 21.8 Å². The maximum Gasteiger partial charge on any atom is 0.316 e. The zero-order valence-corrected chi connectivity index (χ0v) is 14.8. The normalized spacial score (nSPS) is 15.2. The van der Waals surface area contributed by atoms with E-state index in [1.165, 1.54) is 0 Å². The van der Waals surface area contributed by atoms with Gasteiger partial charge in [-0.1, -0.05) is 0 Å². The average Bonchev–Trinajstić information content (AvgIpc) is 2.62. The van der Waals surface area contributed by atoms with Crippen LogP contribution in [0.4, 0.5) is 0 Å². The van der Waals surface area contributed by atoms with Crippen molar-refractivity contribution in [3.05, 3.63) is 40.9 Å². The number of nitrogens with zero attached hydrogens (tertiary/aromatic N) is 4. The highest BCUT2D eigenvalue weighted by molar-refractivity contribution is 9.10. The van der Waals surface area contributed by atoms with E-state index in [-0.39, 0.29) is 12.0 Å². The third kappa shape index (κ3) is 4.00. The molecule has 0 saturated carbocycles. The van der Waals surface area contributed by atoms with Crippen LogP contribution >= 0.6 is 15.9 Å². The van der Waals surface area contributed by atoms with Crippen molar-refractivity contribution < 1.29 is 14.3 Å². The monoisotopic (exact) mass is 392 g/mol. The highest BCUT2D eigenvalue weighted by Crippen LogP contribution is 2.19. The lowest BCUT2D eigenvalue weighted by atomic mass is 10.1. The molecule has 2 aromatic rings. The van der Waals surface area contributed by atoms with Crippen molar-refractivity contribution in [2.75, 3.05) is 20.2 Å². The van der Waals surface area contributed by atoms with Gasteiger partial charge in [0.2, 0.25) is 0 Å². The Morgan fingerprint density at radius 3 is 2.54 bits per heavy atom. The van der Waals surface area contributed by atoms with E-state index in [9.17, 15) is 4.79 Å². The zero-order chi connectivity index (χ0) is 16.9. The summed E-state index contributed by atoms with van der Waals surface area (Å²) < 4.78 is 11.6. The average molecular weight is 393 g/mol. The minimum Gasteiger partial charge on any atom is -0.494 e. The number of rotatable bonds is 4. The van der Waals surface area contributed by atoms with Crippen LogP contribution in [0.5, 0.6) is 11.8 Å². The van der Waals surface area contributed by atoms with Crippen molar-refractivity contribution in [3.63, 3.8) is 0 Å². The lowest BCUT2D eigenvalue weighted by Gasteiger charge is -2.31. The second-order valence-electron chi connectivity index (χ2n) is 5.41. The number of likely N-dealkylation sites (tertiary alicyclic amines) is 1. The lowest BCUT2D eigenvalue weighted by molar-refractivity contribution is 0.0578. The van der Waals surface area contributed by atoms with E-state index in [4.69, 9.17) is 9.47 Å². The van der Waals surface area contributed by atoms with Crippen LogP contribution in [-0.2, 0) is 0 Å². The molecule has 0 bridgehead atoms. The Morgan fingerprint density at radius 2 is 1.92 bits per heavy atom. The van der Waals surface area contributed by atoms with Crippen molar-refractivity contribution in [3.8, 4) is 11.8 Å². The first-order valence-corrected chi connectivity index (χ1v) is 8.37. The molecule has 7 nitrogen and oxygen atoms in total. The summed E-state index contributed by atoms with van der Waals surface area (Å²) in [5.74, 6) is 0.577. The fraction of sp³-hybridized carbons (Fsp3) is 0.375. The van der Waals surface area contributed by atoms with Crippen molar-refractivity contribution in [2.24, 2.45) is 0 Å². The van der Waals surface area contributed by atoms with Gasteiger partial charge in [-0.05, 0) is 22.0 Å². The summed E-state index contributed by atoms with van der Waals surface area (Å²) in [7, 11) is 1.56. The molecule has 2 aromatic heterocycles. The predicted molar refractivity (Wildman–Crippen MR) is 90.1 cm³/mol. The molecule has 0 spiro atoms. The molecule has 1 aliphatic heterocycles. The van der Waals surface area contributed by atoms with Gasteiger partial charge < -0.3 is 14.4 Å². The van der Waals surface area contributed by atoms with Gasteiger partial charge in [0.15, 0.2) is 5.75 Å². The first-order chi connectivity index (χ1) is 11.7. The third-order valence-corrected chi connectivity index (χ3v) is 4.23. The van der Waals surface area contributed by atoms with E-state index >= 15 is 0 Å². The fourth-order valence-corrected chi connectivity index (χ4v) is 2.87. The van der Waals surface area contributed by atoms with Gasteiger partial charge in [-0.3, -0.25) is 9.78 Å². The molecule has 8 heteroatoms. The number of ether oxygens (including phenoxy) is 2. The van der Waals surface area contributed by atoms with E-state index in [1.807, 2.05) is 4.90 Å². The highest BCUT2D eigenvalue weighted by Gasteiger charge is 2.25. The van der Waals surface area contributed by atoms with Gasteiger partial charge in [-0.2, -0.15) is 9.97 Å². The molecule has 1 saturated heterocycles. The molecular formula is C16H17BrN4O3. The van der Waals surface area contributed by atoms with Gasteiger partial charge in [0, 0.05) is 42.8 Å². The molecule has 0 aliphatic carbocycles. The van der Waals surface area contributed by atoms with Gasteiger partial charge in [0.05, 0.1) is 25.1 Å². The van der Waals surface area contributed by atoms with Crippen molar-refractivity contribution in [1.82, 2.24) is 19.9 Å². The minimum atomic E-state index is -0.0112. The Hall–Kier alpha value is -2.22. The fourth-order valence-electron chi connectivity index (χ4n) is 2.51. The summed E-state index contributed by atoms with van der Waals surface area (Å²) in [6.45, 7) is 1.26. The van der Waals surface area contributed by atoms with Crippen LogP contribution in [0.15, 0.2) is 35.3 Å². The van der Waals surface area contributed by atoms with Crippen LogP contribution in [-0.4, -0.2) is 52.1 Å². The number of halogens is 1. The quantitative estimate of drug-likeness (QED) is 0.794. The van der Waals surface area contributed by atoms with Crippen LogP contribution in [0.1, 0.15) is 23.2 Å². The molecule has 0 atom stereocenters. The highest BCUT2D eigenvalue weighted by atomic mass is 79.9. The van der Waals surface area contributed by atoms with Crippen molar-refractivity contribution in [2.45, 2.75) is 18.9 Å². The number of methoxy groups -OCH3 is 1. The topological polar surface area (TPSA) is 77.4 Å². The summed E-state index contributed by atoms with van der Waals surface area (Å²) in [6.07, 6.45) is 7.86. The van der Waals surface area contributed by atoms with Gasteiger partial charge >= 0.3 is 6.01 Å². The molecular weight excluding hydrogens is 376 g/mol. The third-order valence-electron chi connectivity index (χ3n) is 3.79. The predicted octanol–water partition coefficient (Wildman–Crippen LogP) is 2.33. The molecule has 1 amide bonds. The van der Waals surface area contributed by atoms with Crippen LogP contribution in [0.3, 0.4) is 0 Å². The molecule has 1 fully saturated rings. The lowest BCUT2D eigenvalue weighted by Crippen LogP contribution is -2.42. The number of aromatic nitrogens is 3. The molecule has 0 N–H and O–H groups in total. The van der Waals surface area contributed by atoms with E-state index in [0.717, 1.165) is 17.3 Å². The van der Waals surface area contributed by atoms with Crippen LogP contribution < -0.4 is 9.47 Å². The number of carbonyl (C=O) groups excluding carboxylic acids is 1. The Bertz CT molecular complexity index is 703. The molecule has 24 heavy (non-hydrogen) atoms. The number of carbonyl (C=O) groups is 1. The molecule has 126 valence electrons. The van der Waals surface area contributed by atoms with Crippen LogP contribution in [0.25, 0.3) is 0 Å². The summed E-state index contributed by atoms with van der Waals surface area (Å²) in [5, 5.41) is 0. The largest absolute Gasteiger partial charge is 0.494 e. The first kappa shape index (κ1) is 16.6. The van der Waals surface area contributed by atoms with Crippen molar-refractivity contribution in [1.29, 1.82) is 0 Å². The number of hydrogen-bond acceptors (Lipinski definition) is 6. The molecule has 3 heterocycles. The molecule has 3 rings (SSSR count). The second-order valence-corrected chi connectivity index (χ2v) is 6.32. The molecule has 1 aliphatic rings. The Balaban J connectivity index is 1.54. The number of hydrogen-bond donors (Lipinski definition) is 0. The Kier molecular flexibility index (Phi) is 5.24. The zero-order valence-electron chi connectivity index (χ0n) is 13.2. The van der Waals surface area contributed by atoms with Gasteiger partial charge in [-0.25, -0.2) is 0 Å². The second kappa shape index (κ2) is 7.57. The summed E-state index contributed by atoms with van der Waals surface area (Å²) >= 11 is 3.34. The van der Waals surface area contributed by atoms with E-state index in [0.29, 0.717) is 30.4 Å². The summed E-state index contributed by atoms with van der Waals surface area (Å²) in [4.78, 5) is 26.5. The Labute approximate surface area is 148 Å². The molecule has 0 radical (unpaired) electrons. The smallest absolute Gasteiger partial charge is 0.316 e. The van der Waals surface area contributed by atoms with Gasteiger partial charge in [0.25, 0.3) is 5.91 Å². The van der Waals surface area contributed by atoms with Gasteiger partial charge in [0.1, 0.15) is 6.10 Å². The van der Waals surface area contributed by atoms with E-state index < -0.39 is 0 Å². The summed E-state index contributed by atoms with van der Waals surface area (Å²) in [5.41, 5.74) is 0.585. The number of pyridine rings is 1. The van der Waals surface area contributed by atoms with E-state index in [2.05, 4.69) is 30.9 Å². The van der Waals surface area contributed by atoms with Gasteiger partial charge in [-0.15, -0.1) is 0 Å². The van der Waals surface area contributed by atoms with Crippen LogP contribution in [0.2, 0.25) is 0 Å². The standard InChI is InChI=1S/C16H17BrN4O3/c1-23-14-9-19-16(20-10-14)24-13-2-4-21(5-3-13)15(22)11-6-12(17)8-18-7-11/h6-10,13H,2-5H2,1H3. The minimum absolute atomic E-state index is 0.00285. The maximum atomic E-state index is 12.5. The van der Waals surface area contributed by atoms with Crippen LogP contribution in [0, 0.1) is 0 Å². The number of piperidine rings is 1. The SMILES string of the molecule is COc1cnc(OC2CCN(C(=O)c3cncc(Br)c3)CC2)nc1.